The van der Waals surface area contributed by atoms with Crippen molar-refractivity contribution in [3.63, 3.8) is 0 Å². The van der Waals surface area contributed by atoms with Crippen LogP contribution < -0.4 is 0 Å². The van der Waals surface area contributed by atoms with Gasteiger partial charge in [0.05, 0.1) is 18.5 Å². The van der Waals surface area contributed by atoms with Crippen molar-refractivity contribution in [1.29, 1.82) is 0 Å². The molecule has 0 saturated carbocycles. The van der Waals surface area contributed by atoms with Crippen molar-refractivity contribution in [2.75, 3.05) is 12.4 Å². The van der Waals surface area contributed by atoms with Gasteiger partial charge in [0.25, 0.3) is 0 Å². The standard InChI is InChI=1S/C13H26O2S/c1-8-9-15-11(12(2,3)4)10-16(14)13(5,6)7/h8,11H,1,9-10H2,2-7H3/t11-,16?/m0/s1. The van der Waals surface area contributed by atoms with E-state index in [0.29, 0.717) is 12.4 Å². The molecule has 1 unspecified atom stereocenters. The van der Waals surface area contributed by atoms with Crippen LogP contribution in [0.25, 0.3) is 0 Å². The first-order valence-electron chi connectivity index (χ1n) is 5.70. The molecule has 16 heavy (non-hydrogen) atoms. The second-order valence-electron chi connectivity index (χ2n) is 6.10. The summed E-state index contributed by atoms with van der Waals surface area (Å²) in [7, 11) is -0.877. The lowest BCUT2D eigenvalue weighted by molar-refractivity contribution is 0.0133. The van der Waals surface area contributed by atoms with E-state index in [4.69, 9.17) is 4.74 Å². The number of hydrogen-bond donors (Lipinski definition) is 0. The molecule has 3 heteroatoms. The molecule has 0 aliphatic heterocycles. The van der Waals surface area contributed by atoms with Crippen LogP contribution in [-0.4, -0.2) is 27.4 Å². The first-order valence-corrected chi connectivity index (χ1v) is 7.02. The monoisotopic (exact) mass is 246 g/mol. The summed E-state index contributed by atoms with van der Waals surface area (Å²) in [4.78, 5) is 0. The van der Waals surface area contributed by atoms with E-state index in [1.807, 2.05) is 20.8 Å². The van der Waals surface area contributed by atoms with Gasteiger partial charge in [-0.15, -0.1) is 6.58 Å². The number of hydrogen-bond acceptors (Lipinski definition) is 2. The van der Waals surface area contributed by atoms with E-state index in [1.165, 1.54) is 0 Å². The molecule has 0 aliphatic carbocycles. The second kappa shape index (κ2) is 5.97. The zero-order chi connectivity index (χ0) is 13.0. The first kappa shape index (κ1) is 15.9. The molecule has 0 aromatic heterocycles. The molecule has 0 rings (SSSR count). The van der Waals surface area contributed by atoms with Crippen molar-refractivity contribution in [2.45, 2.75) is 52.4 Å². The maximum Gasteiger partial charge on any atom is 0.0742 e. The fourth-order valence-electron chi connectivity index (χ4n) is 1.12. The fraction of sp³-hybridized carbons (Fsp3) is 0.846. The van der Waals surface area contributed by atoms with Gasteiger partial charge in [0.15, 0.2) is 0 Å². The van der Waals surface area contributed by atoms with E-state index in [-0.39, 0.29) is 16.3 Å². The highest BCUT2D eigenvalue weighted by atomic mass is 32.2. The van der Waals surface area contributed by atoms with Crippen LogP contribution in [0.3, 0.4) is 0 Å². The maximum absolute atomic E-state index is 12.1. The molecule has 0 aromatic carbocycles. The molecular weight excluding hydrogens is 220 g/mol. The highest BCUT2D eigenvalue weighted by Gasteiger charge is 2.30. The van der Waals surface area contributed by atoms with Gasteiger partial charge in [-0.25, -0.2) is 0 Å². The van der Waals surface area contributed by atoms with Gasteiger partial charge >= 0.3 is 0 Å². The average molecular weight is 246 g/mol. The van der Waals surface area contributed by atoms with Crippen LogP contribution in [0.5, 0.6) is 0 Å². The van der Waals surface area contributed by atoms with E-state index in [1.54, 1.807) is 6.08 Å². The average Bonchev–Trinajstić information content (AvgIpc) is 2.08. The van der Waals surface area contributed by atoms with Crippen molar-refractivity contribution >= 4 is 10.8 Å². The third kappa shape index (κ3) is 5.80. The Morgan fingerprint density at radius 1 is 1.25 bits per heavy atom. The smallest absolute Gasteiger partial charge is 0.0742 e. The Bertz CT molecular complexity index is 246. The molecule has 0 amide bonds. The Morgan fingerprint density at radius 2 is 1.75 bits per heavy atom. The van der Waals surface area contributed by atoms with E-state index in [2.05, 4.69) is 27.4 Å². The van der Waals surface area contributed by atoms with Gasteiger partial charge in [0.2, 0.25) is 0 Å². The maximum atomic E-state index is 12.1. The Morgan fingerprint density at radius 3 is 2.06 bits per heavy atom. The normalized spacial score (nSPS) is 16.9. The van der Waals surface area contributed by atoms with E-state index < -0.39 is 10.8 Å². The molecule has 0 spiro atoms. The molecule has 0 heterocycles. The van der Waals surface area contributed by atoms with Gasteiger partial charge in [0.1, 0.15) is 0 Å². The molecule has 2 atom stereocenters. The summed E-state index contributed by atoms with van der Waals surface area (Å²) in [5.74, 6) is 0.584. The van der Waals surface area contributed by atoms with Crippen molar-refractivity contribution in [3.8, 4) is 0 Å². The SMILES string of the molecule is C=CCO[C@@H](CS(=O)C(C)(C)C)C(C)(C)C. The quantitative estimate of drug-likeness (QED) is 0.697. The highest BCUT2D eigenvalue weighted by molar-refractivity contribution is 7.86. The minimum atomic E-state index is -0.877. The predicted molar refractivity (Wildman–Crippen MR) is 72.2 cm³/mol. The van der Waals surface area contributed by atoms with Crippen LogP contribution >= 0.6 is 0 Å². The predicted octanol–water partition coefficient (Wildman–Crippen LogP) is 3.15. The zero-order valence-electron chi connectivity index (χ0n) is 11.5. The summed E-state index contributed by atoms with van der Waals surface area (Å²) in [6, 6.07) is 0. The van der Waals surface area contributed by atoms with E-state index in [0.717, 1.165) is 0 Å². The van der Waals surface area contributed by atoms with Crippen molar-refractivity contribution in [1.82, 2.24) is 0 Å². The molecule has 0 N–H and O–H groups in total. The van der Waals surface area contributed by atoms with Gasteiger partial charge in [-0.3, -0.25) is 4.21 Å². The Labute approximate surface area is 103 Å². The Balaban J connectivity index is 4.56. The molecule has 0 radical (unpaired) electrons. The summed E-state index contributed by atoms with van der Waals surface area (Å²) < 4.78 is 17.6. The number of rotatable bonds is 5. The topological polar surface area (TPSA) is 26.3 Å². The summed E-state index contributed by atoms with van der Waals surface area (Å²) in [6.45, 7) is 16.5. The third-order valence-corrected chi connectivity index (χ3v) is 4.34. The second-order valence-corrected chi connectivity index (χ2v) is 8.35. The molecular formula is C13H26O2S. The lowest BCUT2D eigenvalue weighted by atomic mass is 9.90. The van der Waals surface area contributed by atoms with E-state index in [9.17, 15) is 4.21 Å². The molecule has 0 saturated heterocycles. The van der Waals surface area contributed by atoms with Crippen LogP contribution in [0.4, 0.5) is 0 Å². The third-order valence-electron chi connectivity index (χ3n) is 2.37. The minimum absolute atomic E-state index is 0.00389. The fourth-order valence-corrected chi connectivity index (χ4v) is 2.49. The Kier molecular flexibility index (Phi) is 5.91. The molecule has 0 aromatic rings. The zero-order valence-corrected chi connectivity index (χ0v) is 12.3. The summed E-state index contributed by atoms with van der Waals surface area (Å²) >= 11 is 0. The van der Waals surface area contributed by atoms with E-state index >= 15 is 0 Å². The van der Waals surface area contributed by atoms with Crippen LogP contribution in [-0.2, 0) is 15.5 Å². The van der Waals surface area contributed by atoms with Crippen LogP contribution in [0.1, 0.15) is 41.5 Å². The molecule has 96 valence electrons. The summed E-state index contributed by atoms with van der Waals surface area (Å²) in [5, 5.41) is 0. The van der Waals surface area contributed by atoms with Gasteiger partial charge in [-0.05, 0) is 26.2 Å². The molecule has 0 bridgehead atoms. The molecule has 0 aliphatic rings. The van der Waals surface area contributed by atoms with Crippen molar-refractivity contribution < 1.29 is 8.95 Å². The van der Waals surface area contributed by atoms with Gasteiger partial charge in [-0.2, -0.15) is 0 Å². The van der Waals surface area contributed by atoms with Gasteiger partial charge in [0, 0.05) is 15.5 Å². The molecule has 0 fully saturated rings. The lowest BCUT2D eigenvalue weighted by Gasteiger charge is -2.32. The molecule has 2 nitrogen and oxygen atoms in total. The summed E-state index contributed by atoms with van der Waals surface area (Å²) in [6.07, 6.45) is 1.74. The van der Waals surface area contributed by atoms with Crippen LogP contribution in [0.15, 0.2) is 12.7 Å². The highest BCUT2D eigenvalue weighted by Crippen LogP contribution is 2.25. The number of ether oxygens (including phenoxy) is 1. The van der Waals surface area contributed by atoms with Crippen molar-refractivity contribution in [2.24, 2.45) is 5.41 Å². The first-order chi connectivity index (χ1) is 7.09. The lowest BCUT2D eigenvalue weighted by Crippen LogP contribution is -2.38. The summed E-state index contributed by atoms with van der Waals surface area (Å²) in [5.41, 5.74) is 0.00389. The van der Waals surface area contributed by atoms with Crippen molar-refractivity contribution in [3.05, 3.63) is 12.7 Å². The van der Waals surface area contributed by atoms with Gasteiger partial charge < -0.3 is 4.74 Å². The van der Waals surface area contributed by atoms with Gasteiger partial charge in [-0.1, -0.05) is 26.8 Å². The van der Waals surface area contributed by atoms with Crippen LogP contribution in [0.2, 0.25) is 0 Å². The minimum Gasteiger partial charge on any atom is -0.373 e. The Hall–Kier alpha value is -0.150. The largest absolute Gasteiger partial charge is 0.373 e. The van der Waals surface area contributed by atoms with Crippen LogP contribution in [0, 0.1) is 5.41 Å².